The van der Waals surface area contributed by atoms with Crippen LogP contribution in [0.15, 0.2) is 81.0 Å². The number of esters is 1. The number of benzene rings is 4. The molecule has 0 aliphatic carbocycles. The molecule has 0 aromatic heterocycles. The fourth-order valence-corrected chi connectivity index (χ4v) is 6.08. The average Bonchev–Trinajstić information content (AvgIpc) is 2.93. The molecule has 0 radical (unpaired) electrons. The Hall–Kier alpha value is -3.56. The van der Waals surface area contributed by atoms with Crippen LogP contribution in [0.3, 0.4) is 0 Å². The first-order chi connectivity index (χ1) is 18.4. The fraction of sp³-hybridized carbons (Fsp3) is 0.207. The summed E-state index contributed by atoms with van der Waals surface area (Å²) in [5.74, 6) is 1.20. The first-order valence-corrected chi connectivity index (χ1v) is 13.6. The maximum atomic E-state index is 13.9. The standard InChI is InChI=1S/C29H27BrO7S/c1-18(31)37-26-21-8-7-11-24(38(32)23-10-6-5-9-22(23)30)25(21)27(29(35-4)28(26)34-3)36-17-16-19-12-14-20(33-2)15-13-19/h5-15H,16-17H2,1-4H3. The van der Waals surface area contributed by atoms with Crippen LogP contribution in [0, 0.1) is 0 Å². The van der Waals surface area contributed by atoms with Crippen molar-refractivity contribution in [3.05, 3.63) is 76.8 Å². The maximum absolute atomic E-state index is 13.9. The smallest absolute Gasteiger partial charge is 0.308 e. The molecule has 0 saturated heterocycles. The average molecular weight is 599 g/mol. The van der Waals surface area contributed by atoms with E-state index in [2.05, 4.69) is 15.9 Å². The van der Waals surface area contributed by atoms with Crippen LogP contribution in [0.4, 0.5) is 0 Å². The molecule has 0 heterocycles. The van der Waals surface area contributed by atoms with E-state index >= 15 is 0 Å². The second-order valence-corrected chi connectivity index (χ2v) is 10.4. The minimum absolute atomic E-state index is 0.167. The molecule has 9 heteroatoms. The van der Waals surface area contributed by atoms with E-state index in [1.165, 1.54) is 21.1 Å². The Labute approximate surface area is 232 Å². The van der Waals surface area contributed by atoms with Gasteiger partial charge in [-0.2, -0.15) is 0 Å². The molecular formula is C29H27BrO7S. The van der Waals surface area contributed by atoms with Crippen LogP contribution in [0.5, 0.6) is 28.7 Å². The topological polar surface area (TPSA) is 80.3 Å². The zero-order valence-electron chi connectivity index (χ0n) is 21.4. The highest BCUT2D eigenvalue weighted by molar-refractivity contribution is 9.10. The van der Waals surface area contributed by atoms with Crippen LogP contribution in [-0.4, -0.2) is 38.1 Å². The largest absolute Gasteiger partial charge is 0.497 e. The van der Waals surface area contributed by atoms with Crippen molar-refractivity contribution in [3.8, 4) is 28.7 Å². The summed E-state index contributed by atoms with van der Waals surface area (Å²) in [7, 11) is 2.95. The van der Waals surface area contributed by atoms with Gasteiger partial charge >= 0.3 is 5.97 Å². The van der Waals surface area contributed by atoms with E-state index in [0.717, 1.165) is 11.3 Å². The summed E-state index contributed by atoms with van der Waals surface area (Å²) < 4.78 is 43.1. The van der Waals surface area contributed by atoms with Crippen LogP contribution in [0.1, 0.15) is 12.5 Å². The first-order valence-electron chi connectivity index (χ1n) is 11.7. The number of hydrogen-bond acceptors (Lipinski definition) is 7. The normalized spacial score (nSPS) is 11.6. The van der Waals surface area contributed by atoms with E-state index in [1.54, 1.807) is 31.4 Å². The molecule has 38 heavy (non-hydrogen) atoms. The summed E-state index contributed by atoms with van der Waals surface area (Å²) in [6, 6.07) is 20.3. The van der Waals surface area contributed by atoms with Gasteiger partial charge in [0.1, 0.15) is 5.75 Å². The minimum Gasteiger partial charge on any atom is -0.497 e. The molecule has 1 unspecified atom stereocenters. The number of methoxy groups -OCH3 is 3. The van der Waals surface area contributed by atoms with E-state index in [4.69, 9.17) is 23.7 Å². The molecule has 0 N–H and O–H groups in total. The molecule has 0 saturated carbocycles. The van der Waals surface area contributed by atoms with Crippen LogP contribution in [-0.2, 0) is 22.0 Å². The highest BCUT2D eigenvalue weighted by Gasteiger charge is 2.28. The SMILES string of the molecule is COc1ccc(CCOc2c(OC)c(OC)c(OC(C)=O)c3cccc(S(=O)c4ccccc4Br)c23)cc1. The van der Waals surface area contributed by atoms with Gasteiger partial charge in [-0.05, 0) is 51.8 Å². The van der Waals surface area contributed by atoms with Crippen molar-refractivity contribution < 1.29 is 32.7 Å². The number of carbonyl (C=O) groups excluding carboxylic acids is 1. The van der Waals surface area contributed by atoms with E-state index in [0.29, 0.717) is 43.8 Å². The molecule has 0 amide bonds. The van der Waals surface area contributed by atoms with Crippen LogP contribution in [0.2, 0.25) is 0 Å². The number of carbonyl (C=O) groups is 1. The van der Waals surface area contributed by atoms with Gasteiger partial charge in [-0.25, -0.2) is 4.21 Å². The van der Waals surface area contributed by atoms with Crippen LogP contribution in [0.25, 0.3) is 10.8 Å². The number of rotatable bonds is 10. The van der Waals surface area contributed by atoms with E-state index in [9.17, 15) is 9.00 Å². The van der Waals surface area contributed by atoms with Crippen molar-refractivity contribution in [2.75, 3.05) is 27.9 Å². The molecule has 4 rings (SSSR count). The van der Waals surface area contributed by atoms with Crippen molar-refractivity contribution in [2.45, 2.75) is 23.1 Å². The molecule has 0 bridgehead atoms. The van der Waals surface area contributed by atoms with Gasteiger partial charge in [0.2, 0.25) is 11.5 Å². The van der Waals surface area contributed by atoms with Gasteiger partial charge in [0.25, 0.3) is 0 Å². The quantitative estimate of drug-likeness (QED) is 0.155. The molecule has 7 nitrogen and oxygen atoms in total. The predicted molar refractivity (Wildman–Crippen MR) is 149 cm³/mol. The Morgan fingerprint density at radius 3 is 2.08 bits per heavy atom. The van der Waals surface area contributed by atoms with Gasteiger partial charge in [0.05, 0.1) is 48.5 Å². The first kappa shape index (κ1) is 27.5. The van der Waals surface area contributed by atoms with Crippen molar-refractivity contribution in [3.63, 3.8) is 0 Å². The molecule has 4 aromatic carbocycles. The minimum atomic E-state index is -1.61. The highest BCUT2D eigenvalue weighted by atomic mass is 79.9. The van der Waals surface area contributed by atoms with Crippen molar-refractivity contribution in [1.82, 2.24) is 0 Å². The molecule has 4 aromatic rings. The molecule has 0 fully saturated rings. The lowest BCUT2D eigenvalue weighted by atomic mass is 10.1. The number of halogens is 1. The molecule has 198 valence electrons. The second-order valence-electron chi connectivity index (χ2n) is 8.14. The lowest BCUT2D eigenvalue weighted by Crippen LogP contribution is -2.09. The van der Waals surface area contributed by atoms with E-state index in [-0.39, 0.29) is 17.2 Å². The third-order valence-corrected chi connectivity index (χ3v) is 8.25. The van der Waals surface area contributed by atoms with E-state index < -0.39 is 16.8 Å². The number of ether oxygens (including phenoxy) is 5. The van der Waals surface area contributed by atoms with Crippen molar-refractivity contribution in [2.24, 2.45) is 0 Å². The van der Waals surface area contributed by atoms with Gasteiger partial charge in [0, 0.05) is 28.6 Å². The molecule has 0 spiro atoms. The monoisotopic (exact) mass is 598 g/mol. The Bertz CT molecular complexity index is 1490. The Morgan fingerprint density at radius 1 is 0.789 bits per heavy atom. The molecule has 0 aliphatic heterocycles. The lowest BCUT2D eigenvalue weighted by molar-refractivity contribution is -0.131. The maximum Gasteiger partial charge on any atom is 0.308 e. The molecule has 0 aliphatic rings. The predicted octanol–water partition coefficient (Wildman–Crippen LogP) is 6.34. The third-order valence-electron chi connectivity index (χ3n) is 5.80. The fourth-order valence-electron chi connectivity index (χ4n) is 4.08. The summed E-state index contributed by atoms with van der Waals surface area (Å²) in [6.07, 6.45) is 0.595. The van der Waals surface area contributed by atoms with Gasteiger partial charge in [-0.1, -0.05) is 36.4 Å². The van der Waals surface area contributed by atoms with Gasteiger partial charge in [-0.15, -0.1) is 0 Å². The van der Waals surface area contributed by atoms with Crippen molar-refractivity contribution >= 4 is 43.5 Å². The Kier molecular flexibility index (Phi) is 8.91. The zero-order valence-corrected chi connectivity index (χ0v) is 23.8. The summed E-state index contributed by atoms with van der Waals surface area (Å²) in [5.41, 5.74) is 1.05. The summed E-state index contributed by atoms with van der Waals surface area (Å²) >= 11 is 3.51. The third kappa shape index (κ3) is 5.63. The Morgan fingerprint density at radius 2 is 1.45 bits per heavy atom. The molecular weight excluding hydrogens is 572 g/mol. The zero-order chi connectivity index (χ0) is 27.2. The second kappa shape index (κ2) is 12.3. The van der Waals surface area contributed by atoms with Crippen LogP contribution < -0.4 is 23.7 Å². The number of hydrogen-bond donors (Lipinski definition) is 0. The highest BCUT2D eigenvalue weighted by Crippen LogP contribution is 2.53. The van der Waals surface area contributed by atoms with Gasteiger partial charge in [-0.3, -0.25) is 4.79 Å². The summed E-state index contributed by atoms with van der Waals surface area (Å²) in [4.78, 5) is 13.1. The van der Waals surface area contributed by atoms with Crippen LogP contribution >= 0.6 is 15.9 Å². The summed E-state index contributed by atoms with van der Waals surface area (Å²) in [5, 5.41) is 1.01. The summed E-state index contributed by atoms with van der Waals surface area (Å²) in [6.45, 7) is 1.60. The molecule has 1 atom stereocenters. The van der Waals surface area contributed by atoms with Gasteiger partial charge in [0.15, 0.2) is 11.5 Å². The Balaban J connectivity index is 1.89. The van der Waals surface area contributed by atoms with E-state index in [1.807, 2.05) is 42.5 Å². The van der Waals surface area contributed by atoms with Gasteiger partial charge < -0.3 is 23.7 Å². The van der Waals surface area contributed by atoms with Crippen molar-refractivity contribution in [1.29, 1.82) is 0 Å². The lowest BCUT2D eigenvalue weighted by Gasteiger charge is -2.21. The number of fused-ring (bicyclic) bond motifs is 1.